The summed E-state index contributed by atoms with van der Waals surface area (Å²) in [5.41, 5.74) is 0.0148. The predicted molar refractivity (Wildman–Crippen MR) is 66.2 cm³/mol. The van der Waals surface area contributed by atoms with E-state index in [9.17, 15) is 9.59 Å². The van der Waals surface area contributed by atoms with Gasteiger partial charge < -0.3 is 10.1 Å². The molecule has 0 aromatic rings. The second kappa shape index (κ2) is 6.02. The monoisotopic (exact) mass is 227 g/mol. The molecule has 0 rings (SSSR count). The van der Waals surface area contributed by atoms with E-state index in [0.29, 0.717) is 12.8 Å². The normalized spacial score (nSPS) is 12.3. The Labute approximate surface area is 99.0 Å². The highest BCUT2D eigenvalue weighted by molar-refractivity contribution is 5.78. The molecule has 0 atom stereocenters. The van der Waals surface area contributed by atoms with E-state index in [1.165, 1.54) is 0 Å². The molecule has 16 heavy (non-hydrogen) atoms. The van der Waals surface area contributed by atoms with Gasteiger partial charge in [0.15, 0.2) is 0 Å². The first-order valence-electron chi connectivity index (χ1n) is 5.97. The van der Waals surface area contributed by atoms with E-state index in [1.54, 1.807) is 0 Å². The molecule has 0 saturated carbocycles. The molecule has 0 spiro atoms. The molecule has 0 fully saturated rings. The molecule has 3 heteroatoms. The predicted octanol–water partition coefficient (Wildman–Crippen LogP) is 2.69. The van der Waals surface area contributed by atoms with E-state index in [2.05, 4.69) is 26.1 Å². The van der Waals surface area contributed by atoms with Crippen LogP contribution in [0.4, 0.5) is 0 Å². The minimum Gasteiger partial charge on any atom is -0.351 e. The lowest BCUT2D eigenvalue weighted by molar-refractivity contribution is -0.124. The van der Waals surface area contributed by atoms with Crippen LogP contribution in [0.2, 0.25) is 0 Å². The van der Waals surface area contributed by atoms with Gasteiger partial charge in [0.05, 0.1) is 0 Å². The van der Waals surface area contributed by atoms with Crippen LogP contribution in [0.3, 0.4) is 0 Å². The van der Waals surface area contributed by atoms with E-state index in [4.69, 9.17) is 0 Å². The second-order valence-corrected chi connectivity index (χ2v) is 5.83. The number of rotatable bonds is 7. The molecule has 0 saturated heterocycles. The van der Waals surface area contributed by atoms with Crippen molar-refractivity contribution in [1.29, 1.82) is 0 Å². The number of carbonyl (C=O) groups excluding carboxylic acids is 2. The molecule has 0 bridgehead atoms. The van der Waals surface area contributed by atoms with Crippen LogP contribution in [-0.4, -0.2) is 17.7 Å². The van der Waals surface area contributed by atoms with E-state index in [1.807, 2.05) is 13.8 Å². The first-order valence-corrected chi connectivity index (χ1v) is 5.97. The van der Waals surface area contributed by atoms with Crippen LogP contribution in [0.25, 0.3) is 0 Å². The molecule has 0 heterocycles. The quantitative estimate of drug-likeness (QED) is 0.680. The Kier molecular flexibility index (Phi) is 5.70. The summed E-state index contributed by atoms with van der Waals surface area (Å²) in [6, 6.07) is 0. The van der Waals surface area contributed by atoms with E-state index >= 15 is 0 Å². The van der Waals surface area contributed by atoms with Gasteiger partial charge in [-0.25, -0.2) is 0 Å². The van der Waals surface area contributed by atoms with Gasteiger partial charge in [0.2, 0.25) is 5.91 Å². The molecular weight excluding hydrogens is 202 g/mol. The van der Waals surface area contributed by atoms with Crippen molar-refractivity contribution in [3.05, 3.63) is 0 Å². The Morgan fingerprint density at radius 2 is 1.81 bits per heavy atom. The van der Waals surface area contributed by atoms with Crippen molar-refractivity contribution in [2.75, 3.05) is 0 Å². The van der Waals surface area contributed by atoms with Crippen LogP contribution in [0.1, 0.15) is 60.3 Å². The Hall–Kier alpha value is -0.860. The van der Waals surface area contributed by atoms with Crippen molar-refractivity contribution < 1.29 is 9.59 Å². The largest absolute Gasteiger partial charge is 0.351 e. The Morgan fingerprint density at radius 1 is 1.25 bits per heavy atom. The molecule has 0 aromatic heterocycles. The summed E-state index contributed by atoms with van der Waals surface area (Å²) >= 11 is 0. The summed E-state index contributed by atoms with van der Waals surface area (Å²) in [5, 5.41) is 2.98. The number of nitrogens with one attached hydrogen (secondary N) is 1. The molecule has 0 unspecified atom stereocenters. The van der Waals surface area contributed by atoms with Crippen molar-refractivity contribution in [3.8, 4) is 0 Å². The fourth-order valence-corrected chi connectivity index (χ4v) is 2.00. The zero-order valence-electron chi connectivity index (χ0n) is 11.2. The second-order valence-electron chi connectivity index (χ2n) is 5.83. The summed E-state index contributed by atoms with van der Waals surface area (Å²) < 4.78 is 0. The SMILES string of the molecule is CCC(C)(C)CC(C)(C)NC(=O)CCC=O. The van der Waals surface area contributed by atoms with Gasteiger partial charge in [0.25, 0.3) is 0 Å². The maximum Gasteiger partial charge on any atom is 0.220 e. The van der Waals surface area contributed by atoms with Crippen molar-refractivity contribution in [2.24, 2.45) is 5.41 Å². The molecule has 0 aliphatic rings. The first kappa shape index (κ1) is 15.1. The minimum absolute atomic E-state index is 0.0380. The molecule has 3 nitrogen and oxygen atoms in total. The smallest absolute Gasteiger partial charge is 0.220 e. The van der Waals surface area contributed by atoms with Crippen LogP contribution >= 0.6 is 0 Å². The lowest BCUT2D eigenvalue weighted by Crippen LogP contribution is -2.46. The molecule has 0 aliphatic carbocycles. The van der Waals surface area contributed by atoms with Crippen molar-refractivity contribution >= 4 is 12.2 Å². The van der Waals surface area contributed by atoms with E-state index in [0.717, 1.165) is 19.1 Å². The summed E-state index contributed by atoms with van der Waals surface area (Å²) in [6.45, 7) is 10.6. The Balaban J connectivity index is 4.23. The number of hydrogen-bond acceptors (Lipinski definition) is 2. The standard InChI is InChI=1S/C13H25NO2/c1-6-12(2,3)10-13(4,5)14-11(16)8-7-9-15/h9H,6-8,10H2,1-5H3,(H,14,16). The van der Waals surface area contributed by atoms with Crippen molar-refractivity contribution in [2.45, 2.75) is 65.8 Å². The van der Waals surface area contributed by atoms with Gasteiger partial charge >= 0.3 is 0 Å². The van der Waals surface area contributed by atoms with Gasteiger partial charge in [0.1, 0.15) is 6.29 Å². The van der Waals surface area contributed by atoms with Gasteiger partial charge in [-0.2, -0.15) is 0 Å². The molecule has 1 amide bonds. The van der Waals surface area contributed by atoms with Crippen LogP contribution in [0.15, 0.2) is 0 Å². The molecule has 1 N–H and O–H groups in total. The number of hydrogen-bond donors (Lipinski definition) is 1. The minimum atomic E-state index is -0.209. The lowest BCUT2D eigenvalue weighted by atomic mass is 9.78. The maximum atomic E-state index is 11.5. The summed E-state index contributed by atoms with van der Waals surface area (Å²) in [4.78, 5) is 21.7. The van der Waals surface area contributed by atoms with Crippen LogP contribution in [0.5, 0.6) is 0 Å². The highest BCUT2D eigenvalue weighted by Crippen LogP contribution is 2.30. The third kappa shape index (κ3) is 6.59. The van der Waals surface area contributed by atoms with E-state index in [-0.39, 0.29) is 16.9 Å². The highest BCUT2D eigenvalue weighted by atomic mass is 16.2. The third-order valence-corrected chi connectivity index (χ3v) is 2.84. The Bertz CT molecular complexity index is 244. The van der Waals surface area contributed by atoms with Gasteiger partial charge in [-0.05, 0) is 25.7 Å². The van der Waals surface area contributed by atoms with Crippen LogP contribution < -0.4 is 5.32 Å². The van der Waals surface area contributed by atoms with Crippen LogP contribution in [0, 0.1) is 5.41 Å². The third-order valence-electron chi connectivity index (χ3n) is 2.84. The summed E-state index contributed by atoms with van der Waals surface area (Å²) in [6.07, 6.45) is 3.39. The zero-order chi connectivity index (χ0) is 12.8. The fourth-order valence-electron chi connectivity index (χ4n) is 2.00. The molecular formula is C13H25NO2. The topological polar surface area (TPSA) is 46.2 Å². The summed E-state index contributed by atoms with van der Waals surface area (Å²) in [7, 11) is 0. The first-order chi connectivity index (χ1) is 7.22. The molecule has 0 radical (unpaired) electrons. The molecule has 94 valence electrons. The fraction of sp³-hybridized carbons (Fsp3) is 0.846. The maximum absolute atomic E-state index is 11.5. The number of carbonyl (C=O) groups is 2. The van der Waals surface area contributed by atoms with Gasteiger partial charge in [0, 0.05) is 18.4 Å². The zero-order valence-corrected chi connectivity index (χ0v) is 11.2. The van der Waals surface area contributed by atoms with Crippen LogP contribution in [-0.2, 0) is 9.59 Å². The lowest BCUT2D eigenvalue weighted by Gasteiger charge is -2.35. The van der Waals surface area contributed by atoms with E-state index < -0.39 is 0 Å². The average molecular weight is 227 g/mol. The van der Waals surface area contributed by atoms with Gasteiger partial charge in [-0.3, -0.25) is 4.79 Å². The number of amides is 1. The van der Waals surface area contributed by atoms with Gasteiger partial charge in [-0.15, -0.1) is 0 Å². The highest BCUT2D eigenvalue weighted by Gasteiger charge is 2.28. The van der Waals surface area contributed by atoms with Crippen molar-refractivity contribution in [3.63, 3.8) is 0 Å². The van der Waals surface area contributed by atoms with Crippen molar-refractivity contribution in [1.82, 2.24) is 5.32 Å². The Morgan fingerprint density at radius 3 is 2.25 bits per heavy atom. The molecule has 0 aromatic carbocycles. The number of aldehydes is 1. The summed E-state index contributed by atoms with van der Waals surface area (Å²) in [5.74, 6) is -0.0380. The van der Waals surface area contributed by atoms with Gasteiger partial charge in [-0.1, -0.05) is 27.2 Å². The average Bonchev–Trinajstić information content (AvgIpc) is 2.12. The molecule has 0 aliphatic heterocycles.